The molecule has 0 spiro atoms. The van der Waals surface area contributed by atoms with Crippen LogP contribution >= 0.6 is 11.3 Å². The first kappa shape index (κ1) is 24.8. The van der Waals surface area contributed by atoms with E-state index in [1.165, 1.54) is 23.5 Å². The number of thiophene rings is 1. The molecular formula is C25H22N4O6S. The topological polar surface area (TPSA) is 147 Å². The molecule has 0 aliphatic heterocycles. The molecule has 0 radical (unpaired) electrons. The average molecular weight is 507 g/mol. The second kappa shape index (κ2) is 11.4. The lowest BCUT2D eigenvalue weighted by molar-refractivity contribution is -0.763. The first-order valence-electron chi connectivity index (χ1n) is 10.9. The minimum absolute atomic E-state index is 0.0679. The van der Waals surface area contributed by atoms with Crippen molar-refractivity contribution in [2.45, 2.75) is 19.1 Å². The van der Waals surface area contributed by atoms with Crippen LogP contribution in [0.3, 0.4) is 0 Å². The molecule has 0 aliphatic carbocycles. The number of rotatable bonds is 10. The first-order chi connectivity index (χ1) is 17.4. The zero-order chi connectivity index (χ0) is 25.5. The Morgan fingerprint density at radius 1 is 1.11 bits per heavy atom. The number of ether oxygens (including phenoxy) is 1. The molecule has 2 aromatic carbocycles. The van der Waals surface area contributed by atoms with Crippen molar-refractivity contribution < 1.29 is 24.3 Å². The molecule has 1 atom stereocenters. The Hall–Kier alpha value is -4.35. The molecule has 2 aromatic heterocycles. The lowest BCUT2D eigenvalue weighted by Crippen LogP contribution is -2.28. The van der Waals surface area contributed by atoms with E-state index in [0.29, 0.717) is 10.6 Å². The zero-order valence-corrected chi connectivity index (χ0v) is 19.8. The number of carbonyl (C=O) groups excluding carboxylic acids is 2. The van der Waals surface area contributed by atoms with Gasteiger partial charge in [-0.1, -0.05) is 36.4 Å². The Morgan fingerprint density at radius 2 is 1.92 bits per heavy atom. The zero-order valence-electron chi connectivity index (χ0n) is 19.0. The van der Waals surface area contributed by atoms with Crippen LogP contribution in [0.1, 0.15) is 33.0 Å². The molecule has 4 rings (SSSR count). The van der Waals surface area contributed by atoms with E-state index in [0.717, 1.165) is 15.6 Å². The van der Waals surface area contributed by atoms with Gasteiger partial charge >= 0.3 is 5.97 Å². The number of pyridine rings is 1. The van der Waals surface area contributed by atoms with Gasteiger partial charge in [0, 0.05) is 18.9 Å². The van der Waals surface area contributed by atoms with Crippen LogP contribution in [0.5, 0.6) is 0 Å². The molecule has 11 heteroatoms. The lowest BCUT2D eigenvalue weighted by atomic mass is 9.92. The summed E-state index contributed by atoms with van der Waals surface area (Å²) in [4.78, 5) is 45.2. The molecule has 1 unspecified atom stereocenters. The molecule has 36 heavy (non-hydrogen) atoms. The van der Waals surface area contributed by atoms with Crippen LogP contribution in [0.25, 0.3) is 10.1 Å². The summed E-state index contributed by atoms with van der Waals surface area (Å²) in [6.45, 7) is -0.456. The number of hydrogen-bond acceptors (Lipinski definition) is 9. The maximum absolute atomic E-state index is 13.1. The minimum atomic E-state index is -0.938. The van der Waals surface area contributed by atoms with E-state index in [1.807, 2.05) is 42.5 Å². The molecule has 0 aliphatic rings. The van der Waals surface area contributed by atoms with Gasteiger partial charge < -0.3 is 20.6 Å². The fourth-order valence-corrected chi connectivity index (χ4v) is 4.59. The third-order valence-corrected chi connectivity index (χ3v) is 6.41. The molecule has 2 heterocycles. The van der Waals surface area contributed by atoms with E-state index < -0.39 is 29.5 Å². The van der Waals surface area contributed by atoms with Gasteiger partial charge in [0.05, 0.1) is 21.2 Å². The number of nitrogens with two attached hydrogens (primary N) is 1. The van der Waals surface area contributed by atoms with Gasteiger partial charge in [0.15, 0.2) is 0 Å². The minimum Gasteiger partial charge on any atom is -0.457 e. The molecule has 0 bridgehead atoms. The Balaban J connectivity index is 1.55. The highest BCUT2D eigenvalue weighted by molar-refractivity contribution is 7.22. The van der Waals surface area contributed by atoms with Crippen molar-refractivity contribution in [2.75, 3.05) is 11.9 Å². The standard InChI is InChI=1S/C25H22N4O6S/c26-12-21(24(30)28-23-11-17-8-9-27-13-22(17)36-23)20-7-6-18(10-19(20)15-35-29(32)33)25(31)34-14-16-4-2-1-3-5-16/h1-11,13,21H,12,14-15,26H2,(H,28,30). The Kier molecular flexibility index (Phi) is 7.83. The fraction of sp³-hybridized carbons (Fsp3) is 0.160. The van der Waals surface area contributed by atoms with Crippen LogP contribution in [0.4, 0.5) is 5.00 Å². The van der Waals surface area contributed by atoms with Crippen molar-refractivity contribution in [1.82, 2.24) is 4.98 Å². The Morgan fingerprint density at radius 3 is 2.64 bits per heavy atom. The summed E-state index contributed by atoms with van der Waals surface area (Å²) in [5.41, 5.74) is 7.62. The summed E-state index contributed by atoms with van der Waals surface area (Å²) < 4.78 is 6.27. The number of nitrogens with zero attached hydrogens (tertiary/aromatic N) is 2. The van der Waals surface area contributed by atoms with Gasteiger partial charge in [0.2, 0.25) is 5.91 Å². The third kappa shape index (κ3) is 6.01. The monoisotopic (exact) mass is 506 g/mol. The summed E-state index contributed by atoms with van der Waals surface area (Å²) in [5.74, 6) is -1.84. The van der Waals surface area contributed by atoms with Crippen LogP contribution in [0.2, 0.25) is 0 Å². The van der Waals surface area contributed by atoms with Crippen molar-refractivity contribution in [3.05, 3.63) is 105 Å². The molecular weight excluding hydrogens is 484 g/mol. The quantitative estimate of drug-likeness (QED) is 0.186. The van der Waals surface area contributed by atoms with Gasteiger partial charge in [-0.2, -0.15) is 0 Å². The van der Waals surface area contributed by atoms with Crippen molar-refractivity contribution >= 4 is 38.3 Å². The number of anilines is 1. The molecule has 10 nitrogen and oxygen atoms in total. The van der Waals surface area contributed by atoms with Gasteiger partial charge in [-0.3, -0.25) is 9.78 Å². The molecule has 0 saturated carbocycles. The largest absolute Gasteiger partial charge is 0.457 e. The number of esters is 1. The summed E-state index contributed by atoms with van der Waals surface area (Å²) in [6.07, 6.45) is 3.37. The molecule has 184 valence electrons. The number of nitrogens with one attached hydrogen (secondary N) is 1. The smallest absolute Gasteiger partial charge is 0.338 e. The van der Waals surface area contributed by atoms with Crippen molar-refractivity contribution in [3.8, 4) is 0 Å². The number of benzene rings is 2. The van der Waals surface area contributed by atoms with Crippen molar-refractivity contribution in [2.24, 2.45) is 5.73 Å². The van der Waals surface area contributed by atoms with Crippen LogP contribution < -0.4 is 11.1 Å². The Labute approximate surface area is 209 Å². The van der Waals surface area contributed by atoms with E-state index in [1.54, 1.807) is 18.5 Å². The Bertz CT molecular complexity index is 1360. The number of aromatic nitrogens is 1. The highest BCUT2D eigenvalue weighted by Crippen LogP contribution is 2.30. The lowest BCUT2D eigenvalue weighted by Gasteiger charge is -2.19. The maximum atomic E-state index is 13.1. The van der Waals surface area contributed by atoms with Gasteiger partial charge in [-0.05, 0) is 46.3 Å². The maximum Gasteiger partial charge on any atom is 0.338 e. The molecule has 0 fully saturated rings. The summed E-state index contributed by atoms with van der Waals surface area (Å²) >= 11 is 1.37. The number of hydrogen-bond donors (Lipinski definition) is 2. The predicted octanol–water partition coefficient (Wildman–Crippen LogP) is 4.04. The van der Waals surface area contributed by atoms with Gasteiger partial charge in [-0.15, -0.1) is 21.5 Å². The predicted molar refractivity (Wildman–Crippen MR) is 134 cm³/mol. The molecule has 3 N–H and O–H groups in total. The van der Waals surface area contributed by atoms with Crippen molar-refractivity contribution in [1.29, 1.82) is 0 Å². The van der Waals surface area contributed by atoms with Gasteiger partial charge in [0.25, 0.3) is 5.09 Å². The van der Waals surface area contributed by atoms with Crippen LogP contribution in [-0.2, 0) is 27.6 Å². The SMILES string of the molecule is NCC(C(=O)Nc1cc2ccncc2s1)c1ccc(C(=O)OCc2ccccc2)cc1CO[N+](=O)[O-]. The van der Waals surface area contributed by atoms with E-state index >= 15 is 0 Å². The van der Waals surface area contributed by atoms with E-state index in [-0.39, 0.29) is 24.3 Å². The summed E-state index contributed by atoms with van der Waals surface area (Å²) in [5, 5.41) is 14.3. The average Bonchev–Trinajstić information content (AvgIpc) is 3.29. The summed E-state index contributed by atoms with van der Waals surface area (Å²) in [6, 6.07) is 17.3. The van der Waals surface area contributed by atoms with E-state index in [9.17, 15) is 19.7 Å². The summed E-state index contributed by atoms with van der Waals surface area (Å²) in [7, 11) is 0. The second-order valence-electron chi connectivity index (χ2n) is 7.77. The fourth-order valence-electron chi connectivity index (χ4n) is 3.66. The van der Waals surface area contributed by atoms with Crippen LogP contribution in [-0.4, -0.2) is 28.5 Å². The molecule has 1 amide bonds. The van der Waals surface area contributed by atoms with E-state index in [4.69, 9.17) is 10.5 Å². The molecule has 0 saturated heterocycles. The normalized spacial score (nSPS) is 11.6. The third-order valence-electron chi connectivity index (χ3n) is 5.41. The van der Waals surface area contributed by atoms with Gasteiger partial charge in [-0.25, -0.2) is 4.79 Å². The van der Waals surface area contributed by atoms with Crippen LogP contribution in [0, 0.1) is 10.1 Å². The number of fused-ring (bicyclic) bond motifs is 1. The first-order valence-corrected chi connectivity index (χ1v) is 11.7. The second-order valence-corrected chi connectivity index (χ2v) is 8.86. The molecule has 4 aromatic rings. The number of carbonyl (C=O) groups is 2. The van der Waals surface area contributed by atoms with Crippen LogP contribution in [0.15, 0.2) is 73.1 Å². The van der Waals surface area contributed by atoms with Crippen molar-refractivity contribution in [3.63, 3.8) is 0 Å². The highest BCUT2D eigenvalue weighted by atomic mass is 32.1. The highest BCUT2D eigenvalue weighted by Gasteiger charge is 2.24. The number of amides is 1. The van der Waals surface area contributed by atoms with E-state index in [2.05, 4.69) is 15.1 Å². The van der Waals surface area contributed by atoms with Gasteiger partial charge in [0.1, 0.15) is 13.2 Å².